The van der Waals surface area contributed by atoms with Crippen LogP contribution in [0.5, 0.6) is 5.75 Å². The van der Waals surface area contributed by atoms with Gasteiger partial charge >= 0.3 is 0 Å². The van der Waals surface area contributed by atoms with Crippen LogP contribution < -0.4 is 20.4 Å². The minimum atomic E-state index is -0.833. The molecule has 0 unspecified atom stereocenters. The lowest BCUT2D eigenvalue weighted by atomic mass is 9.91. The summed E-state index contributed by atoms with van der Waals surface area (Å²) in [5.41, 5.74) is 5.44. The molecule has 9 heteroatoms. The van der Waals surface area contributed by atoms with Gasteiger partial charge < -0.3 is 20.1 Å². The van der Waals surface area contributed by atoms with Crippen LogP contribution in [0.1, 0.15) is 33.1 Å². The molecule has 168 valence electrons. The van der Waals surface area contributed by atoms with Crippen LogP contribution in [0.25, 0.3) is 11.1 Å². The Hall–Kier alpha value is -3.62. The van der Waals surface area contributed by atoms with Crippen LogP contribution in [-0.2, 0) is 9.59 Å². The normalized spacial score (nSPS) is 19.1. The van der Waals surface area contributed by atoms with Gasteiger partial charge in [-0.1, -0.05) is 18.2 Å². The molecule has 1 aliphatic carbocycles. The number of carbonyl (C=O) groups is 2. The van der Waals surface area contributed by atoms with Gasteiger partial charge in [-0.15, -0.1) is 0 Å². The van der Waals surface area contributed by atoms with Crippen molar-refractivity contribution < 1.29 is 23.8 Å². The number of hydrazone groups is 1. The van der Waals surface area contributed by atoms with Crippen molar-refractivity contribution >= 4 is 29.1 Å². The van der Waals surface area contributed by atoms with E-state index < -0.39 is 12.0 Å². The number of amidine groups is 1. The highest BCUT2D eigenvalue weighted by atomic mass is 19.1. The number of nitrogens with one attached hydrogen (secondary N) is 2. The molecule has 0 spiro atoms. The summed E-state index contributed by atoms with van der Waals surface area (Å²) >= 11 is 0. The first-order valence-electron chi connectivity index (χ1n) is 10.5. The largest absolute Gasteiger partial charge is 0.483 e. The van der Waals surface area contributed by atoms with Gasteiger partial charge in [0.25, 0.3) is 11.9 Å². The molecule has 1 amide bonds. The number of nitrogens with zero attached hydrogens (tertiary/aromatic N) is 2. The van der Waals surface area contributed by atoms with Crippen molar-refractivity contribution in [3.05, 3.63) is 42.2 Å². The molecular weight excluding hydrogens is 415 g/mol. The molecule has 5 rings (SSSR count). The molecule has 0 radical (unpaired) electrons. The van der Waals surface area contributed by atoms with Crippen LogP contribution in [0.15, 0.2) is 41.5 Å². The average molecular weight is 440 g/mol. The minimum Gasteiger partial charge on any atom is -0.483 e. The lowest BCUT2D eigenvalue weighted by molar-refractivity contribution is -0.134. The first-order valence-corrected chi connectivity index (χ1v) is 10.5. The smallest absolute Gasteiger partial charge is 0.300 e. The van der Waals surface area contributed by atoms with Crippen LogP contribution in [0, 0.1) is 5.82 Å². The maximum atomic E-state index is 14.6. The lowest BCUT2D eigenvalue weighted by Crippen LogP contribution is -2.55. The zero-order valence-electron chi connectivity index (χ0n) is 17.9. The Morgan fingerprint density at radius 1 is 1.28 bits per heavy atom. The molecule has 2 aromatic carbocycles. The number of anilines is 2. The molecule has 3 N–H and O–H groups in total. The fourth-order valence-electron chi connectivity index (χ4n) is 3.87. The van der Waals surface area contributed by atoms with E-state index in [0.29, 0.717) is 23.2 Å². The topological polar surface area (TPSA) is 103 Å². The maximum Gasteiger partial charge on any atom is 0.300 e. The number of hydrogen-bond acceptors (Lipinski definition) is 6. The molecule has 1 fully saturated rings. The van der Waals surface area contributed by atoms with E-state index in [1.807, 2.05) is 30.0 Å². The standard InChI is InChI=1S/C21H21FN4O2.C2H4O2/c1-12-21(27)25-24-20-11-28-19-9-15(14-7-2-3-8-16(14)22)17(10-18(19)26(12)20)23-13-5-4-6-13;1-2(3)4/h2-3,7-10,12-13,23H,4-6,11H2,1H3,(H,25,27);1H3,(H,3,4)/t12-;/m1./s1. The number of ether oxygens (including phenoxy) is 1. The van der Waals surface area contributed by atoms with E-state index in [1.54, 1.807) is 12.1 Å². The number of amides is 1. The second-order valence-corrected chi connectivity index (χ2v) is 7.98. The third-order valence-electron chi connectivity index (χ3n) is 5.68. The fraction of sp³-hybridized carbons (Fsp3) is 0.348. The van der Waals surface area contributed by atoms with E-state index in [1.165, 1.54) is 12.5 Å². The van der Waals surface area contributed by atoms with Crippen LogP contribution in [0.3, 0.4) is 0 Å². The van der Waals surface area contributed by atoms with Gasteiger partial charge in [0.05, 0.1) is 5.69 Å². The van der Waals surface area contributed by atoms with Crippen molar-refractivity contribution in [1.82, 2.24) is 5.43 Å². The van der Waals surface area contributed by atoms with E-state index in [2.05, 4.69) is 15.8 Å². The van der Waals surface area contributed by atoms with E-state index in [9.17, 15) is 9.18 Å². The van der Waals surface area contributed by atoms with Crippen molar-refractivity contribution in [1.29, 1.82) is 0 Å². The second-order valence-electron chi connectivity index (χ2n) is 7.98. The summed E-state index contributed by atoms with van der Waals surface area (Å²) < 4.78 is 20.5. The van der Waals surface area contributed by atoms with Gasteiger partial charge in [-0.05, 0) is 44.4 Å². The number of benzene rings is 2. The van der Waals surface area contributed by atoms with Crippen LogP contribution in [0.2, 0.25) is 0 Å². The van der Waals surface area contributed by atoms with Crippen LogP contribution in [0.4, 0.5) is 15.8 Å². The molecular formula is C23H25FN4O4. The van der Waals surface area contributed by atoms with Gasteiger partial charge in [-0.25, -0.2) is 9.82 Å². The predicted molar refractivity (Wildman–Crippen MR) is 119 cm³/mol. The third-order valence-corrected chi connectivity index (χ3v) is 5.68. The van der Waals surface area contributed by atoms with E-state index in [0.717, 1.165) is 36.7 Å². The predicted octanol–water partition coefficient (Wildman–Crippen LogP) is 3.58. The number of hydrogen-bond donors (Lipinski definition) is 3. The summed E-state index contributed by atoms with van der Waals surface area (Å²) in [6, 6.07) is 10.6. The van der Waals surface area contributed by atoms with Crippen LogP contribution in [-0.4, -0.2) is 41.5 Å². The van der Waals surface area contributed by atoms with Crippen molar-refractivity contribution in [2.45, 2.75) is 45.2 Å². The van der Waals surface area contributed by atoms with E-state index >= 15 is 0 Å². The summed E-state index contributed by atoms with van der Waals surface area (Å²) in [5, 5.41) is 15.1. The summed E-state index contributed by atoms with van der Waals surface area (Å²) in [5.74, 6) is 0.0110. The first-order chi connectivity index (χ1) is 15.3. The third kappa shape index (κ3) is 4.23. The Kier molecular flexibility index (Phi) is 5.98. The molecule has 1 saturated carbocycles. The highest BCUT2D eigenvalue weighted by molar-refractivity contribution is 6.10. The van der Waals surface area contributed by atoms with Gasteiger partial charge in [0.15, 0.2) is 5.84 Å². The second kappa shape index (κ2) is 8.86. The van der Waals surface area contributed by atoms with Gasteiger partial charge in [-0.3, -0.25) is 9.59 Å². The number of carboxylic acids is 1. The summed E-state index contributed by atoms with van der Waals surface area (Å²) in [6.07, 6.45) is 3.39. The Labute approximate surface area is 185 Å². The van der Waals surface area contributed by atoms with Crippen molar-refractivity contribution in [3.63, 3.8) is 0 Å². The number of carbonyl (C=O) groups excluding carboxylic acids is 1. The molecule has 2 heterocycles. The number of fused-ring (bicyclic) bond motifs is 3. The molecule has 0 aromatic heterocycles. The Balaban J connectivity index is 0.000000567. The first kappa shape index (κ1) is 21.6. The fourth-order valence-corrected chi connectivity index (χ4v) is 3.87. The number of rotatable bonds is 3. The maximum absolute atomic E-state index is 14.6. The molecule has 0 saturated heterocycles. The van der Waals surface area contributed by atoms with Gasteiger partial charge in [0.2, 0.25) is 0 Å². The molecule has 3 aliphatic rings. The van der Waals surface area contributed by atoms with Crippen molar-refractivity contribution in [3.8, 4) is 16.9 Å². The Morgan fingerprint density at radius 3 is 2.66 bits per heavy atom. The van der Waals surface area contributed by atoms with E-state index in [4.69, 9.17) is 14.6 Å². The molecule has 1 atom stereocenters. The highest BCUT2D eigenvalue weighted by Crippen LogP contribution is 2.44. The quantitative estimate of drug-likeness (QED) is 0.674. The number of aliphatic carboxylic acids is 1. The van der Waals surface area contributed by atoms with Gasteiger partial charge in [-0.2, -0.15) is 5.10 Å². The molecule has 0 bridgehead atoms. The molecule has 2 aliphatic heterocycles. The number of halogens is 1. The average Bonchev–Trinajstić information content (AvgIpc) is 2.72. The number of carboxylic acid groups (broad SMARTS) is 1. The minimum absolute atomic E-state index is 0.164. The molecule has 32 heavy (non-hydrogen) atoms. The molecule has 2 aromatic rings. The summed E-state index contributed by atoms with van der Waals surface area (Å²) in [4.78, 5) is 23.0. The highest BCUT2D eigenvalue weighted by Gasteiger charge is 2.36. The Bertz CT molecular complexity index is 1080. The van der Waals surface area contributed by atoms with Crippen molar-refractivity contribution in [2.75, 3.05) is 16.8 Å². The molecule has 8 nitrogen and oxygen atoms in total. The lowest BCUT2D eigenvalue weighted by Gasteiger charge is -2.39. The SMILES string of the molecule is CC(=O)O.C[C@@H]1C(=O)NN=C2COc3cc(-c4ccccc4F)c(NC4CCC4)cc3N21. The van der Waals surface area contributed by atoms with E-state index in [-0.39, 0.29) is 18.3 Å². The zero-order valence-corrected chi connectivity index (χ0v) is 17.9. The van der Waals surface area contributed by atoms with Gasteiger partial charge in [0, 0.05) is 29.8 Å². The van der Waals surface area contributed by atoms with Gasteiger partial charge in [0.1, 0.15) is 24.2 Å². The zero-order chi connectivity index (χ0) is 22.8. The summed E-state index contributed by atoms with van der Waals surface area (Å²) in [7, 11) is 0. The monoisotopic (exact) mass is 440 g/mol. The van der Waals surface area contributed by atoms with Crippen molar-refractivity contribution in [2.24, 2.45) is 5.10 Å². The van der Waals surface area contributed by atoms with Crippen LogP contribution >= 0.6 is 0 Å². The Morgan fingerprint density at radius 2 is 2.00 bits per heavy atom. The summed E-state index contributed by atoms with van der Waals surface area (Å²) in [6.45, 7) is 3.17.